The van der Waals surface area contributed by atoms with Gasteiger partial charge in [0.05, 0.1) is 5.25 Å². The van der Waals surface area contributed by atoms with Crippen LogP contribution in [0.5, 0.6) is 0 Å². The molecule has 0 rings (SSSR count). The molecule has 0 aromatic heterocycles. The van der Waals surface area contributed by atoms with Crippen LogP contribution in [0.2, 0.25) is 0 Å². The van der Waals surface area contributed by atoms with Gasteiger partial charge in [0.2, 0.25) is 5.91 Å². The van der Waals surface area contributed by atoms with Crippen LogP contribution in [0.3, 0.4) is 0 Å². The SMILES string of the molecule is CSC(C)C(=O)N(C)C(C)C(=O)O. The van der Waals surface area contributed by atoms with Crippen LogP contribution in [-0.2, 0) is 9.59 Å². The number of likely N-dealkylation sites (N-methyl/N-ethyl adjacent to an activating group) is 1. The van der Waals surface area contributed by atoms with E-state index < -0.39 is 12.0 Å². The molecule has 76 valence electrons. The van der Waals surface area contributed by atoms with Crippen LogP contribution in [0.4, 0.5) is 0 Å². The first-order chi connectivity index (χ1) is 5.91. The molecule has 0 saturated heterocycles. The quantitative estimate of drug-likeness (QED) is 0.733. The van der Waals surface area contributed by atoms with Crippen molar-refractivity contribution in [1.29, 1.82) is 0 Å². The Morgan fingerprint density at radius 3 is 2.15 bits per heavy atom. The number of aliphatic carboxylic acids is 1. The molecule has 4 nitrogen and oxygen atoms in total. The topological polar surface area (TPSA) is 57.6 Å². The Hall–Kier alpha value is -0.710. The Bertz CT molecular complexity index is 208. The van der Waals surface area contributed by atoms with E-state index in [1.54, 1.807) is 6.92 Å². The monoisotopic (exact) mass is 205 g/mol. The summed E-state index contributed by atoms with van der Waals surface area (Å²) in [4.78, 5) is 23.3. The van der Waals surface area contributed by atoms with Gasteiger partial charge in [0.25, 0.3) is 0 Å². The van der Waals surface area contributed by atoms with Gasteiger partial charge in [-0.15, -0.1) is 0 Å². The Labute approximate surface area is 82.3 Å². The van der Waals surface area contributed by atoms with E-state index in [4.69, 9.17) is 5.11 Å². The molecular formula is C8H15NO3S. The summed E-state index contributed by atoms with van der Waals surface area (Å²) in [6.45, 7) is 3.26. The number of hydrogen-bond donors (Lipinski definition) is 1. The fourth-order valence-electron chi connectivity index (χ4n) is 0.744. The van der Waals surface area contributed by atoms with Crippen LogP contribution in [0, 0.1) is 0 Å². The third kappa shape index (κ3) is 3.26. The Morgan fingerprint density at radius 1 is 1.38 bits per heavy atom. The standard InChI is InChI=1S/C8H15NO3S/c1-5(8(11)12)9(3)7(10)6(2)13-4/h5-6H,1-4H3,(H,11,12). The number of amides is 1. The summed E-state index contributed by atoms with van der Waals surface area (Å²) in [6, 6.07) is -0.762. The van der Waals surface area contributed by atoms with Gasteiger partial charge in [0.15, 0.2) is 0 Å². The molecule has 2 unspecified atom stereocenters. The molecule has 5 heteroatoms. The Morgan fingerprint density at radius 2 is 1.85 bits per heavy atom. The molecule has 0 saturated carbocycles. The summed E-state index contributed by atoms with van der Waals surface area (Å²) in [7, 11) is 1.51. The van der Waals surface area contributed by atoms with Crippen molar-refractivity contribution < 1.29 is 14.7 Å². The van der Waals surface area contributed by atoms with E-state index in [0.717, 1.165) is 0 Å². The predicted octanol–water partition coefficient (Wildman–Crippen LogP) is 0.669. The van der Waals surface area contributed by atoms with E-state index in [9.17, 15) is 9.59 Å². The van der Waals surface area contributed by atoms with Gasteiger partial charge >= 0.3 is 5.97 Å². The molecule has 0 aromatic rings. The summed E-state index contributed by atoms with van der Waals surface area (Å²) in [6.07, 6.45) is 1.82. The van der Waals surface area contributed by atoms with Crippen molar-refractivity contribution >= 4 is 23.6 Å². The van der Waals surface area contributed by atoms with Crippen molar-refractivity contribution in [2.45, 2.75) is 25.1 Å². The van der Waals surface area contributed by atoms with Crippen LogP contribution < -0.4 is 0 Å². The van der Waals surface area contributed by atoms with Crippen molar-refractivity contribution in [2.24, 2.45) is 0 Å². The zero-order valence-electron chi connectivity index (χ0n) is 8.27. The first-order valence-corrected chi connectivity index (χ1v) is 5.22. The third-order valence-electron chi connectivity index (χ3n) is 1.99. The number of carboxylic acid groups (broad SMARTS) is 1. The molecule has 0 aliphatic carbocycles. The van der Waals surface area contributed by atoms with Crippen molar-refractivity contribution in [3.63, 3.8) is 0 Å². The Kier molecular flexibility index (Phi) is 4.83. The molecular weight excluding hydrogens is 190 g/mol. The zero-order chi connectivity index (χ0) is 10.6. The summed E-state index contributed by atoms with van der Waals surface area (Å²) in [5, 5.41) is 8.47. The van der Waals surface area contributed by atoms with Crippen molar-refractivity contribution in [1.82, 2.24) is 4.90 Å². The third-order valence-corrected chi connectivity index (χ3v) is 2.90. The van der Waals surface area contributed by atoms with Gasteiger partial charge in [0.1, 0.15) is 6.04 Å². The number of hydrogen-bond acceptors (Lipinski definition) is 3. The average molecular weight is 205 g/mol. The second-order valence-electron chi connectivity index (χ2n) is 2.84. The van der Waals surface area contributed by atoms with E-state index in [2.05, 4.69) is 0 Å². The molecule has 0 fully saturated rings. The molecule has 0 radical (unpaired) electrons. The molecule has 0 aliphatic heterocycles. The van der Waals surface area contributed by atoms with Gasteiger partial charge < -0.3 is 10.0 Å². The number of nitrogens with zero attached hydrogens (tertiary/aromatic N) is 1. The lowest BCUT2D eigenvalue weighted by molar-refractivity contribution is -0.147. The number of thioether (sulfide) groups is 1. The Balaban J connectivity index is 4.33. The largest absolute Gasteiger partial charge is 0.480 e. The summed E-state index contributed by atoms with van der Waals surface area (Å²) < 4.78 is 0. The maximum absolute atomic E-state index is 11.5. The fraction of sp³-hybridized carbons (Fsp3) is 0.750. The minimum Gasteiger partial charge on any atom is -0.480 e. The summed E-state index contributed by atoms with van der Waals surface area (Å²) in [5.41, 5.74) is 0. The molecule has 0 spiro atoms. The van der Waals surface area contributed by atoms with Gasteiger partial charge in [0, 0.05) is 7.05 Å². The second-order valence-corrected chi connectivity index (χ2v) is 4.02. The lowest BCUT2D eigenvalue weighted by Gasteiger charge is -2.23. The molecule has 0 aromatic carbocycles. The highest BCUT2D eigenvalue weighted by atomic mass is 32.2. The van der Waals surface area contributed by atoms with Gasteiger partial charge in [-0.2, -0.15) is 11.8 Å². The molecule has 1 N–H and O–H groups in total. The molecule has 13 heavy (non-hydrogen) atoms. The summed E-state index contributed by atoms with van der Waals surface area (Å²) in [5.74, 6) is -1.13. The summed E-state index contributed by atoms with van der Waals surface area (Å²) >= 11 is 1.41. The van der Waals surface area contributed by atoms with Gasteiger partial charge in [-0.05, 0) is 20.1 Å². The minimum atomic E-state index is -0.982. The maximum Gasteiger partial charge on any atom is 0.326 e. The normalized spacial score (nSPS) is 14.8. The van der Waals surface area contributed by atoms with Crippen LogP contribution in [-0.4, -0.2) is 46.5 Å². The van der Waals surface area contributed by atoms with Gasteiger partial charge in [-0.25, -0.2) is 4.79 Å². The van der Waals surface area contributed by atoms with Crippen molar-refractivity contribution in [2.75, 3.05) is 13.3 Å². The smallest absolute Gasteiger partial charge is 0.326 e. The maximum atomic E-state index is 11.5. The fourth-order valence-corrected chi connectivity index (χ4v) is 1.11. The molecule has 1 amide bonds. The van der Waals surface area contributed by atoms with Crippen molar-refractivity contribution in [3.8, 4) is 0 Å². The highest BCUT2D eigenvalue weighted by Crippen LogP contribution is 2.10. The van der Waals surface area contributed by atoms with E-state index >= 15 is 0 Å². The highest BCUT2D eigenvalue weighted by Gasteiger charge is 2.24. The van der Waals surface area contributed by atoms with E-state index in [1.807, 2.05) is 6.26 Å². The van der Waals surface area contributed by atoms with E-state index in [1.165, 1.54) is 30.6 Å². The zero-order valence-corrected chi connectivity index (χ0v) is 9.09. The van der Waals surface area contributed by atoms with Crippen LogP contribution in [0.1, 0.15) is 13.8 Å². The second kappa shape index (κ2) is 5.11. The average Bonchev–Trinajstić information content (AvgIpc) is 2.12. The van der Waals surface area contributed by atoms with Crippen LogP contribution >= 0.6 is 11.8 Å². The number of carbonyl (C=O) groups is 2. The highest BCUT2D eigenvalue weighted by molar-refractivity contribution is 7.99. The lowest BCUT2D eigenvalue weighted by Crippen LogP contribution is -2.43. The number of carboxylic acids is 1. The number of carbonyl (C=O) groups excluding carboxylic acids is 1. The molecule has 0 bridgehead atoms. The van der Waals surface area contributed by atoms with E-state index in [0.29, 0.717) is 0 Å². The minimum absolute atomic E-state index is 0.151. The molecule has 2 atom stereocenters. The predicted molar refractivity (Wildman–Crippen MR) is 52.8 cm³/mol. The lowest BCUT2D eigenvalue weighted by atomic mass is 10.3. The molecule has 0 aliphatic rings. The van der Waals surface area contributed by atoms with Gasteiger partial charge in [-0.3, -0.25) is 4.79 Å². The van der Waals surface area contributed by atoms with Crippen LogP contribution in [0.15, 0.2) is 0 Å². The van der Waals surface area contributed by atoms with Crippen molar-refractivity contribution in [3.05, 3.63) is 0 Å². The van der Waals surface area contributed by atoms with Crippen LogP contribution in [0.25, 0.3) is 0 Å². The van der Waals surface area contributed by atoms with E-state index in [-0.39, 0.29) is 11.2 Å². The first-order valence-electron chi connectivity index (χ1n) is 3.94. The molecule has 0 heterocycles. The van der Waals surface area contributed by atoms with Gasteiger partial charge in [-0.1, -0.05) is 0 Å². The first kappa shape index (κ1) is 12.3. The number of rotatable bonds is 4.